The van der Waals surface area contributed by atoms with E-state index in [4.69, 9.17) is 9.47 Å². The second-order valence-corrected chi connectivity index (χ2v) is 5.84. The van der Waals surface area contributed by atoms with E-state index < -0.39 is 10.9 Å². The van der Waals surface area contributed by atoms with Gasteiger partial charge in [0.1, 0.15) is 0 Å². The van der Waals surface area contributed by atoms with Gasteiger partial charge in [-0.05, 0) is 42.0 Å². The van der Waals surface area contributed by atoms with Crippen LogP contribution in [0.5, 0.6) is 11.5 Å². The van der Waals surface area contributed by atoms with Crippen LogP contribution in [0.3, 0.4) is 0 Å². The minimum Gasteiger partial charge on any atom is -0.493 e. The van der Waals surface area contributed by atoms with Crippen molar-refractivity contribution in [1.82, 2.24) is 0 Å². The molecule has 29 heavy (non-hydrogen) atoms. The van der Waals surface area contributed by atoms with Gasteiger partial charge in [0.2, 0.25) is 0 Å². The molecule has 0 radical (unpaired) electrons. The van der Waals surface area contributed by atoms with Crippen molar-refractivity contribution >= 4 is 23.6 Å². The van der Waals surface area contributed by atoms with Gasteiger partial charge in [-0.15, -0.1) is 0 Å². The zero-order chi connectivity index (χ0) is 20.6. The fraction of sp³-hybridized carbons (Fsp3) is 0.0476. The Bertz CT molecular complexity index is 1050. The Kier molecular flexibility index (Phi) is 6.16. The summed E-state index contributed by atoms with van der Waals surface area (Å²) in [5, 5.41) is 15.0. The highest BCUT2D eigenvalue weighted by Crippen LogP contribution is 2.28. The van der Waals surface area contributed by atoms with Crippen molar-refractivity contribution in [3.8, 4) is 11.5 Å². The van der Waals surface area contributed by atoms with Crippen molar-refractivity contribution in [2.75, 3.05) is 12.5 Å². The number of hydrogen-bond acceptors (Lipinski definition) is 7. The molecule has 0 aliphatic rings. The van der Waals surface area contributed by atoms with Gasteiger partial charge in [-0.1, -0.05) is 24.3 Å². The molecule has 0 spiro atoms. The van der Waals surface area contributed by atoms with E-state index in [0.717, 1.165) is 17.3 Å². The van der Waals surface area contributed by atoms with Crippen LogP contribution in [-0.4, -0.2) is 24.2 Å². The Morgan fingerprint density at radius 2 is 1.83 bits per heavy atom. The van der Waals surface area contributed by atoms with Gasteiger partial charge < -0.3 is 9.47 Å². The van der Waals surface area contributed by atoms with Crippen molar-refractivity contribution < 1.29 is 19.2 Å². The molecule has 3 aromatic carbocycles. The van der Waals surface area contributed by atoms with Crippen molar-refractivity contribution in [2.24, 2.45) is 5.10 Å². The largest absolute Gasteiger partial charge is 0.493 e. The average Bonchev–Trinajstić information content (AvgIpc) is 2.75. The van der Waals surface area contributed by atoms with E-state index in [9.17, 15) is 14.9 Å². The molecule has 1 N–H and O–H groups in total. The molecule has 3 rings (SSSR count). The van der Waals surface area contributed by atoms with E-state index in [2.05, 4.69) is 10.5 Å². The topological polar surface area (TPSA) is 103 Å². The number of carbonyl (C=O) groups is 1. The van der Waals surface area contributed by atoms with Gasteiger partial charge in [0.15, 0.2) is 11.5 Å². The van der Waals surface area contributed by atoms with Crippen LogP contribution in [-0.2, 0) is 0 Å². The van der Waals surface area contributed by atoms with E-state index in [0.29, 0.717) is 5.75 Å². The number of nitro groups is 1. The van der Waals surface area contributed by atoms with Gasteiger partial charge in [0, 0.05) is 12.1 Å². The van der Waals surface area contributed by atoms with Crippen molar-refractivity contribution in [3.05, 3.63) is 94.0 Å². The van der Waals surface area contributed by atoms with Crippen LogP contribution in [0.4, 0.5) is 11.4 Å². The predicted octanol–water partition coefficient (Wildman–Crippen LogP) is 4.27. The Morgan fingerprint density at radius 3 is 2.55 bits per heavy atom. The van der Waals surface area contributed by atoms with Crippen LogP contribution in [0, 0.1) is 10.1 Å². The molecule has 8 nitrogen and oxygen atoms in total. The van der Waals surface area contributed by atoms with Crippen molar-refractivity contribution in [2.45, 2.75) is 0 Å². The fourth-order valence-corrected chi connectivity index (χ4v) is 2.45. The quantitative estimate of drug-likeness (QED) is 0.212. The monoisotopic (exact) mass is 391 g/mol. The van der Waals surface area contributed by atoms with Gasteiger partial charge in [-0.3, -0.25) is 15.5 Å². The number of carbonyl (C=O) groups excluding carboxylic acids is 1. The van der Waals surface area contributed by atoms with Crippen LogP contribution >= 0.6 is 0 Å². The minimum atomic E-state index is -0.723. The predicted molar refractivity (Wildman–Crippen MR) is 109 cm³/mol. The van der Waals surface area contributed by atoms with Crippen LogP contribution in [0.1, 0.15) is 15.9 Å². The summed E-state index contributed by atoms with van der Waals surface area (Å²) in [6, 6.07) is 19.7. The molecule has 8 heteroatoms. The molecular formula is C21H17N3O5. The second-order valence-electron chi connectivity index (χ2n) is 5.84. The van der Waals surface area contributed by atoms with Crippen LogP contribution in [0.15, 0.2) is 77.9 Å². The first-order chi connectivity index (χ1) is 14.1. The lowest BCUT2D eigenvalue weighted by atomic mass is 10.2. The van der Waals surface area contributed by atoms with Crippen LogP contribution < -0.4 is 14.9 Å². The second kappa shape index (κ2) is 9.14. The number of nitrogens with one attached hydrogen (secondary N) is 1. The van der Waals surface area contributed by atoms with E-state index in [1.54, 1.807) is 24.4 Å². The number of nitrogens with zero attached hydrogens (tertiary/aromatic N) is 2. The number of esters is 1. The number of methoxy groups -OCH3 is 1. The third-order valence-electron chi connectivity index (χ3n) is 3.86. The van der Waals surface area contributed by atoms with Gasteiger partial charge in [-0.25, -0.2) is 4.79 Å². The molecule has 0 fully saturated rings. The first kappa shape index (κ1) is 19.6. The maximum Gasteiger partial charge on any atom is 0.343 e. The Labute approximate surface area is 166 Å². The Morgan fingerprint density at radius 1 is 1.03 bits per heavy atom. The number of para-hydroxylation sites is 1. The lowest BCUT2D eigenvalue weighted by molar-refractivity contribution is -0.384. The maximum absolute atomic E-state index is 12.3. The number of nitro benzene ring substituents is 1. The molecule has 0 bridgehead atoms. The highest BCUT2D eigenvalue weighted by molar-refractivity contribution is 5.92. The molecule has 0 aromatic heterocycles. The summed E-state index contributed by atoms with van der Waals surface area (Å²) in [7, 11) is 1.45. The van der Waals surface area contributed by atoms with Gasteiger partial charge in [0.05, 0.1) is 29.5 Å². The number of hydrazone groups is 1. The highest BCUT2D eigenvalue weighted by atomic mass is 16.6. The van der Waals surface area contributed by atoms with Crippen LogP contribution in [0.25, 0.3) is 0 Å². The summed E-state index contributed by atoms with van der Waals surface area (Å²) >= 11 is 0. The van der Waals surface area contributed by atoms with E-state index in [1.165, 1.54) is 25.3 Å². The average molecular weight is 391 g/mol. The molecule has 0 saturated carbocycles. The SMILES string of the molecule is COc1cc(/C=N/Nc2ccccc2)ccc1OC(=O)c1cccc([N+](=O)[O-])c1. The lowest BCUT2D eigenvalue weighted by Crippen LogP contribution is -2.09. The molecule has 0 amide bonds. The lowest BCUT2D eigenvalue weighted by Gasteiger charge is -2.10. The Balaban J connectivity index is 1.72. The summed E-state index contributed by atoms with van der Waals surface area (Å²) in [6.45, 7) is 0. The highest BCUT2D eigenvalue weighted by Gasteiger charge is 2.15. The number of benzene rings is 3. The first-order valence-corrected chi connectivity index (χ1v) is 8.55. The summed E-state index contributed by atoms with van der Waals surface area (Å²) in [4.78, 5) is 22.6. The summed E-state index contributed by atoms with van der Waals surface area (Å²) < 4.78 is 10.6. The smallest absolute Gasteiger partial charge is 0.343 e. The normalized spacial score (nSPS) is 10.5. The molecule has 146 valence electrons. The van der Waals surface area contributed by atoms with Crippen molar-refractivity contribution in [1.29, 1.82) is 0 Å². The molecule has 0 atom stereocenters. The molecule has 0 heterocycles. The number of rotatable bonds is 7. The Hall–Kier alpha value is -4.20. The minimum absolute atomic E-state index is 0.0685. The molecular weight excluding hydrogens is 374 g/mol. The molecule has 0 aliphatic carbocycles. The van der Waals surface area contributed by atoms with E-state index in [-0.39, 0.29) is 17.0 Å². The standard InChI is InChI=1S/C21H17N3O5/c1-28-20-12-15(14-22-23-17-7-3-2-4-8-17)10-11-19(20)29-21(25)16-6-5-9-18(13-16)24(26)27/h2-14,23H,1H3/b22-14+. The molecule has 0 saturated heterocycles. The molecule has 0 aliphatic heterocycles. The van der Waals surface area contributed by atoms with Gasteiger partial charge >= 0.3 is 5.97 Å². The molecule has 3 aromatic rings. The van der Waals surface area contributed by atoms with Crippen LogP contribution in [0.2, 0.25) is 0 Å². The zero-order valence-electron chi connectivity index (χ0n) is 15.4. The van der Waals surface area contributed by atoms with Gasteiger partial charge in [-0.2, -0.15) is 5.10 Å². The summed E-state index contributed by atoms with van der Waals surface area (Å²) in [5.74, 6) is -0.205. The fourth-order valence-electron chi connectivity index (χ4n) is 2.45. The van der Waals surface area contributed by atoms with E-state index in [1.807, 2.05) is 30.3 Å². The van der Waals surface area contributed by atoms with Gasteiger partial charge in [0.25, 0.3) is 5.69 Å². The number of ether oxygens (including phenoxy) is 2. The maximum atomic E-state index is 12.3. The molecule has 0 unspecified atom stereocenters. The number of hydrogen-bond donors (Lipinski definition) is 1. The summed E-state index contributed by atoms with van der Waals surface area (Å²) in [5.41, 5.74) is 4.35. The summed E-state index contributed by atoms with van der Waals surface area (Å²) in [6.07, 6.45) is 1.60. The first-order valence-electron chi connectivity index (χ1n) is 8.55. The van der Waals surface area contributed by atoms with Crippen molar-refractivity contribution in [3.63, 3.8) is 0 Å². The number of anilines is 1. The van der Waals surface area contributed by atoms with E-state index >= 15 is 0 Å². The zero-order valence-corrected chi connectivity index (χ0v) is 15.4. The number of non-ortho nitro benzene ring substituents is 1. The third-order valence-corrected chi connectivity index (χ3v) is 3.86. The third kappa shape index (κ3) is 5.16.